The van der Waals surface area contributed by atoms with Crippen LogP contribution < -0.4 is 0 Å². The second kappa shape index (κ2) is 16.8. The highest BCUT2D eigenvalue weighted by Crippen LogP contribution is 2.42. The summed E-state index contributed by atoms with van der Waals surface area (Å²) < 4.78 is 4.60. The first-order chi connectivity index (χ1) is 34.2. The number of rotatable bonds is 7. The Morgan fingerprint density at radius 1 is 0.357 bits per heavy atom. The fourth-order valence-corrected chi connectivity index (χ4v) is 10.6. The minimum atomic E-state index is 0.476. The lowest BCUT2D eigenvalue weighted by Crippen LogP contribution is -1.98. The molecule has 12 rings (SSSR count). The van der Waals surface area contributed by atoms with Crippen molar-refractivity contribution in [1.82, 2.24) is 9.13 Å². The third-order valence-corrected chi connectivity index (χ3v) is 14.0. The van der Waals surface area contributed by atoms with E-state index in [1.165, 1.54) is 22.3 Å². The Balaban J connectivity index is 1.02. The van der Waals surface area contributed by atoms with Gasteiger partial charge in [0.1, 0.15) is 0 Å². The van der Waals surface area contributed by atoms with Crippen molar-refractivity contribution in [2.24, 2.45) is 0 Å². The lowest BCUT2D eigenvalue weighted by atomic mass is 9.97. The first kappa shape index (κ1) is 42.2. The molecule has 0 bridgehead atoms. The van der Waals surface area contributed by atoms with Crippen molar-refractivity contribution in [3.8, 4) is 73.1 Å². The number of hydrogen-bond acceptors (Lipinski definition) is 1. The van der Waals surface area contributed by atoms with Crippen LogP contribution in [0.2, 0.25) is 0 Å². The van der Waals surface area contributed by atoms with E-state index >= 15 is 0 Å². The average molecular weight is 895 g/mol. The van der Waals surface area contributed by atoms with E-state index in [0.717, 1.165) is 105 Å². The third kappa shape index (κ3) is 7.23. The van der Waals surface area contributed by atoms with Gasteiger partial charge in [-0.25, -0.2) is 4.85 Å². The summed E-state index contributed by atoms with van der Waals surface area (Å²) in [5.41, 5.74) is 22.3. The van der Waals surface area contributed by atoms with Gasteiger partial charge in [-0.1, -0.05) is 180 Å². The Morgan fingerprint density at radius 3 is 1.01 bits per heavy atom. The largest absolute Gasteiger partial charge is 0.310 e. The molecule has 12 aromatic rings. The van der Waals surface area contributed by atoms with Crippen molar-refractivity contribution in [3.63, 3.8) is 0 Å². The summed E-state index contributed by atoms with van der Waals surface area (Å²) in [6, 6.07) is 76.1. The van der Waals surface area contributed by atoms with Crippen LogP contribution in [0, 0.1) is 45.6 Å². The van der Waals surface area contributed by atoms with E-state index in [9.17, 15) is 5.26 Å². The van der Waals surface area contributed by atoms with Gasteiger partial charge in [-0.2, -0.15) is 5.26 Å². The number of aromatic nitrogens is 2. The van der Waals surface area contributed by atoms with Crippen LogP contribution in [0.25, 0.3) is 115 Å². The van der Waals surface area contributed by atoms with Gasteiger partial charge in [0.2, 0.25) is 0 Å². The molecular weight excluding hydrogens is 849 g/mol. The zero-order valence-corrected chi connectivity index (χ0v) is 39.4. The van der Waals surface area contributed by atoms with Crippen molar-refractivity contribution in [2.45, 2.75) is 27.7 Å². The molecule has 0 aliphatic rings. The number of nitriles is 1. The Hall–Kier alpha value is -9.22. The summed E-state index contributed by atoms with van der Waals surface area (Å²) >= 11 is 0. The molecule has 0 N–H and O–H groups in total. The molecule has 0 aliphatic carbocycles. The van der Waals surface area contributed by atoms with Crippen LogP contribution in [-0.2, 0) is 0 Å². The highest BCUT2D eigenvalue weighted by molar-refractivity contribution is 6.12. The molecule has 0 atom stereocenters. The summed E-state index contributed by atoms with van der Waals surface area (Å²) in [7, 11) is 0. The van der Waals surface area contributed by atoms with Gasteiger partial charge in [0, 0.05) is 32.9 Å². The van der Waals surface area contributed by atoms with E-state index in [1.54, 1.807) is 0 Å². The van der Waals surface area contributed by atoms with E-state index in [-0.39, 0.29) is 0 Å². The number of aryl methyl sites for hydroxylation is 4. The predicted octanol–water partition coefficient (Wildman–Crippen LogP) is 17.9. The van der Waals surface area contributed by atoms with Crippen LogP contribution >= 0.6 is 0 Å². The summed E-state index contributed by atoms with van der Waals surface area (Å²) in [5.74, 6) is 0. The standard InChI is InChI=1S/C66H46N4/c1-41-10-6-14-45(30-41)49-18-24-58-59-25-19-50(46-15-7-11-42(2)31-46)36-64(59)69(63(58)35-49)54-22-28-56(53(34-54)40-67)57-29-23-55(39-62(57)68-5)70-65-37-51(47-16-8-12-43(3)32-47)20-26-60(65)61-27-21-52(38-66(61)70)48-17-9-13-44(4)33-48/h6-39H,1-4H3. The van der Waals surface area contributed by atoms with Crippen LogP contribution in [0.4, 0.5) is 5.69 Å². The topological polar surface area (TPSA) is 38.0 Å². The normalized spacial score (nSPS) is 11.4. The Morgan fingerprint density at radius 2 is 0.686 bits per heavy atom. The molecule has 0 fully saturated rings. The van der Waals surface area contributed by atoms with Crippen molar-refractivity contribution >= 4 is 49.3 Å². The van der Waals surface area contributed by atoms with Gasteiger partial charge in [0.05, 0.1) is 40.3 Å². The Kier molecular flexibility index (Phi) is 10.1. The molecule has 4 nitrogen and oxygen atoms in total. The van der Waals surface area contributed by atoms with Crippen LogP contribution in [0.5, 0.6) is 0 Å². The zero-order valence-electron chi connectivity index (χ0n) is 39.4. The average Bonchev–Trinajstić information content (AvgIpc) is 3.89. The first-order valence-corrected chi connectivity index (χ1v) is 23.7. The number of hydrogen-bond donors (Lipinski definition) is 0. The Labute approximate surface area is 408 Å². The quantitative estimate of drug-likeness (QED) is 0.147. The zero-order chi connectivity index (χ0) is 47.6. The molecule has 4 heteroatoms. The highest BCUT2D eigenvalue weighted by Gasteiger charge is 2.20. The van der Waals surface area contributed by atoms with Gasteiger partial charge in [-0.05, 0) is 132 Å². The lowest BCUT2D eigenvalue weighted by Gasteiger charge is -2.15. The summed E-state index contributed by atoms with van der Waals surface area (Å²) in [6.45, 7) is 17.1. The second-order valence-electron chi connectivity index (χ2n) is 18.7. The Bertz CT molecular complexity index is 3720. The van der Waals surface area contributed by atoms with E-state index < -0.39 is 0 Å². The van der Waals surface area contributed by atoms with Crippen LogP contribution in [0.15, 0.2) is 206 Å². The predicted molar refractivity (Wildman–Crippen MR) is 292 cm³/mol. The van der Waals surface area contributed by atoms with Crippen LogP contribution in [0.3, 0.4) is 0 Å². The minimum absolute atomic E-state index is 0.476. The maximum Gasteiger partial charge on any atom is 0.197 e. The van der Waals surface area contributed by atoms with Gasteiger partial charge in [0.25, 0.3) is 0 Å². The molecule has 70 heavy (non-hydrogen) atoms. The minimum Gasteiger partial charge on any atom is -0.310 e. The third-order valence-electron chi connectivity index (χ3n) is 14.0. The maximum absolute atomic E-state index is 11.0. The number of fused-ring (bicyclic) bond motifs is 6. The fourth-order valence-electron chi connectivity index (χ4n) is 10.6. The highest BCUT2D eigenvalue weighted by atomic mass is 15.0. The molecule has 330 valence electrons. The van der Waals surface area contributed by atoms with E-state index in [1.807, 2.05) is 24.3 Å². The summed E-state index contributed by atoms with van der Waals surface area (Å²) in [5, 5.41) is 15.6. The van der Waals surface area contributed by atoms with Gasteiger partial charge in [-0.3, -0.25) is 0 Å². The molecule has 0 spiro atoms. The molecule has 0 saturated carbocycles. The van der Waals surface area contributed by atoms with Crippen molar-refractivity contribution in [1.29, 1.82) is 5.26 Å². The molecule has 0 unspecified atom stereocenters. The van der Waals surface area contributed by atoms with Crippen molar-refractivity contribution in [2.75, 3.05) is 0 Å². The van der Waals surface area contributed by atoms with Crippen molar-refractivity contribution < 1.29 is 0 Å². The molecule has 0 radical (unpaired) electrons. The first-order valence-electron chi connectivity index (χ1n) is 23.7. The van der Waals surface area contributed by atoms with Gasteiger partial charge in [0.15, 0.2) is 5.69 Å². The summed E-state index contributed by atoms with van der Waals surface area (Å²) in [6.07, 6.45) is 0. The smallest absolute Gasteiger partial charge is 0.197 e. The fraction of sp³-hybridized carbons (Fsp3) is 0.0606. The van der Waals surface area contributed by atoms with Gasteiger partial charge in [-0.15, -0.1) is 0 Å². The molecule has 10 aromatic carbocycles. The van der Waals surface area contributed by atoms with Gasteiger partial charge < -0.3 is 9.13 Å². The van der Waals surface area contributed by atoms with Crippen molar-refractivity contribution in [3.05, 3.63) is 245 Å². The van der Waals surface area contributed by atoms with E-state index in [2.05, 4.69) is 230 Å². The summed E-state index contributed by atoms with van der Waals surface area (Å²) in [4.78, 5) is 4.17. The van der Waals surface area contributed by atoms with Gasteiger partial charge >= 0.3 is 0 Å². The second-order valence-corrected chi connectivity index (χ2v) is 18.7. The number of benzene rings is 10. The SMILES string of the molecule is [C-]#[N+]c1cc(-n2c3cc(-c4cccc(C)c4)ccc3c3ccc(-c4cccc(C)c4)cc32)ccc1-c1ccc(-n2c3cc(-c4cccc(C)c4)ccc3c3ccc(-c4cccc(C)c4)cc32)cc1C#N. The van der Waals surface area contributed by atoms with E-state index in [0.29, 0.717) is 16.8 Å². The molecule has 0 aliphatic heterocycles. The van der Waals surface area contributed by atoms with E-state index in [4.69, 9.17) is 6.57 Å². The molecular formula is C66H46N4. The molecule has 2 aromatic heterocycles. The maximum atomic E-state index is 11.0. The van der Waals surface area contributed by atoms with Crippen LogP contribution in [-0.4, -0.2) is 9.13 Å². The molecule has 2 heterocycles. The molecule has 0 saturated heterocycles. The number of nitrogens with zero attached hydrogens (tertiary/aromatic N) is 4. The molecule has 0 amide bonds. The monoisotopic (exact) mass is 894 g/mol. The lowest BCUT2D eigenvalue weighted by molar-refractivity contribution is 1.17. The van der Waals surface area contributed by atoms with Crippen LogP contribution in [0.1, 0.15) is 27.8 Å².